The predicted octanol–water partition coefficient (Wildman–Crippen LogP) is 0.276. The Morgan fingerprint density at radius 3 is 2.89 bits per heavy atom. The second-order valence-electron chi connectivity index (χ2n) is 5.18. The van der Waals surface area contributed by atoms with Crippen molar-refractivity contribution in [2.45, 2.75) is 31.7 Å². The Morgan fingerprint density at radius 2 is 2.17 bits per heavy atom. The van der Waals surface area contributed by atoms with E-state index in [1.807, 2.05) is 0 Å². The van der Waals surface area contributed by atoms with Crippen LogP contribution in [-0.4, -0.2) is 50.7 Å². The van der Waals surface area contributed by atoms with Gasteiger partial charge in [0.25, 0.3) is 0 Å². The van der Waals surface area contributed by atoms with E-state index in [1.54, 1.807) is 4.90 Å². The van der Waals surface area contributed by atoms with E-state index in [0.717, 1.165) is 32.4 Å². The highest BCUT2D eigenvalue weighted by Crippen LogP contribution is 2.24. The van der Waals surface area contributed by atoms with Crippen molar-refractivity contribution in [3.8, 4) is 0 Å². The van der Waals surface area contributed by atoms with Crippen LogP contribution in [0.25, 0.3) is 0 Å². The van der Waals surface area contributed by atoms with E-state index in [4.69, 9.17) is 0 Å². The van der Waals surface area contributed by atoms with E-state index in [9.17, 15) is 17.1 Å². The molecule has 18 heavy (non-hydrogen) atoms. The van der Waals surface area contributed by atoms with Crippen molar-refractivity contribution in [3.05, 3.63) is 0 Å². The summed E-state index contributed by atoms with van der Waals surface area (Å²) in [4.78, 5) is 13.6. The summed E-state index contributed by atoms with van der Waals surface area (Å²) in [6.07, 6.45) is 3.25. The van der Waals surface area contributed by atoms with Gasteiger partial charge in [0.1, 0.15) is 0 Å². The van der Waals surface area contributed by atoms with Gasteiger partial charge in [-0.05, 0) is 19.4 Å². The molecule has 2 fully saturated rings. The molecule has 2 heterocycles. The van der Waals surface area contributed by atoms with E-state index in [0.29, 0.717) is 6.54 Å². The second-order valence-corrected chi connectivity index (χ2v) is 6.59. The highest BCUT2D eigenvalue weighted by atomic mass is 32.3. The third-order valence-electron chi connectivity index (χ3n) is 3.63. The Balaban J connectivity index is 1.95. The number of hydrogen-bond donors (Lipinski definition) is 1. The van der Waals surface area contributed by atoms with Crippen molar-refractivity contribution in [3.63, 3.8) is 0 Å². The van der Waals surface area contributed by atoms with Gasteiger partial charge >= 0.3 is 10.2 Å². The van der Waals surface area contributed by atoms with Crippen LogP contribution in [-0.2, 0) is 15.0 Å². The van der Waals surface area contributed by atoms with Crippen molar-refractivity contribution < 1.29 is 17.1 Å². The Bertz CT molecular complexity index is 405. The maximum atomic E-state index is 12.6. The molecule has 0 saturated carbocycles. The molecular weight excluding hydrogens is 259 g/mol. The largest absolute Gasteiger partial charge is 0.338 e. The quantitative estimate of drug-likeness (QED) is 0.753. The first-order valence-electron chi connectivity index (χ1n) is 6.38. The minimum atomic E-state index is -4.49. The number of rotatable bonds is 3. The van der Waals surface area contributed by atoms with Crippen LogP contribution < -0.4 is 5.32 Å². The number of halogens is 1. The van der Waals surface area contributed by atoms with Crippen molar-refractivity contribution >= 4 is 16.1 Å². The fourth-order valence-electron chi connectivity index (χ4n) is 2.82. The number of nitrogens with zero attached hydrogens (tertiary/aromatic N) is 1. The number of likely N-dealkylation sites (tertiary alicyclic amines) is 1. The predicted molar refractivity (Wildman–Crippen MR) is 65.2 cm³/mol. The summed E-state index contributed by atoms with van der Waals surface area (Å²) in [5.74, 6) is -0.969. The Morgan fingerprint density at radius 1 is 1.39 bits per heavy atom. The topological polar surface area (TPSA) is 66.5 Å². The van der Waals surface area contributed by atoms with Gasteiger partial charge in [0, 0.05) is 31.5 Å². The van der Waals surface area contributed by atoms with Crippen LogP contribution in [0.1, 0.15) is 25.7 Å². The monoisotopic (exact) mass is 278 g/mol. The highest BCUT2D eigenvalue weighted by molar-refractivity contribution is 7.86. The highest BCUT2D eigenvalue weighted by Gasteiger charge is 2.36. The molecule has 0 aliphatic carbocycles. The molecule has 5 nitrogen and oxygen atoms in total. The normalized spacial score (nSPS) is 30.5. The number of nitrogens with one attached hydrogen (secondary N) is 1. The third kappa shape index (κ3) is 3.65. The number of hydrogen-bond acceptors (Lipinski definition) is 4. The maximum Gasteiger partial charge on any atom is 0.302 e. The molecule has 0 bridgehead atoms. The average Bonchev–Trinajstić information content (AvgIpc) is 2.51. The van der Waals surface area contributed by atoms with Gasteiger partial charge in [0.2, 0.25) is 5.91 Å². The van der Waals surface area contributed by atoms with Gasteiger partial charge in [-0.15, -0.1) is 3.89 Å². The van der Waals surface area contributed by atoms with Crippen molar-refractivity contribution in [2.75, 3.05) is 25.4 Å². The van der Waals surface area contributed by atoms with Crippen molar-refractivity contribution in [2.24, 2.45) is 5.92 Å². The van der Waals surface area contributed by atoms with E-state index in [2.05, 4.69) is 5.32 Å². The third-order valence-corrected chi connectivity index (χ3v) is 4.50. The lowest BCUT2D eigenvalue weighted by Crippen LogP contribution is -2.42. The Hall–Kier alpha value is -0.690. The zero-order valence-corrected chi connectivity index (χ0v) is 11.1. The summed E-state index contributed by atoms with van der Waals surface area (Å²) < 4.78 is 33.9. The lowest BCUT2D eigenvalue weighted by molar-refractivity contribution is -0.129. The van der Waals surface area contributed by atoms with E-state index in [-0.39, 0.29) is 18.4 Å². The molecule has 0 aromatic heterocycles. The first-order valence-corrected chi connectivity index (χ1v) is 7.93. The molecule has 0 aromatic carbocycles. The lowest BCUT2D eigenvalue weighted by atomic mass is 10.1. The summed E-state index contributed by atoms with van der Waals surface area (Å²) in [5, 5.41) is 3.27. The zero-order chi connectivity index (χ0) is 13.2. The first kappa shape index (κ1) is 13.7. The van der Waals surface area contributed by atoms with Gasteiger partial charge in [0.15, 0.2) is 0 Å². The molecule has 2 atom stereocenters. The molecule has 7 heteroatoms. The second kappa shape index (κ2) is 5.52. The first-order chi connectivity index (χ1) is 8.46. The van der Waals surface area contributed by atoms with Gasteiger partial charge in [-0.25, -0.2) is 0 Å². The number of amides is 1. The summed E-state index contributed by atoms with van der Waals surface area (Å²) in [6, 6.07) is 0.132. The summed E-state index contributed by atoms with van der Waals surface area (Å²) in [7, 11) is -4.49. The van der Waals surface area contributed by atoms with Crippen LogP contribution in [0.2, 0.25) is 0 Å². The van der Waals surface area contributed by atoms with Crippen molar-refractivity contribution in [1.82, 2.24) is 10.2 Å². The van der Waals surface area contributed by atoms with Crippen LogP contribution >= 0.6 is 0 Å². The molecule has 2 saturated heterocycles. The molecule has 2 aliphatic rings. The van der Waals surface area contributed by atoms with E-state index >= 15 is 0 Å². The molecule has 0 radical (unpaired) electrons. The van der Waals surface area contributed by atoms with Gasteiger partial charge in [-0.2, -0.15) is 8.42 Å². The fourth-order valence-corrected chi connectivity index (χ4v) is 3.61. The summed E-state index contributed by atoms with van der Waals surface area (Å²) in [5.41, 5.74) is 0. The minimum absolute atomic E-state index is 0.0441. The molecule has 104 valence electrons. The molecule has 0 aromatic rings. The van der Waals surface area contributed by atoms with Gasteiger partial charge < -0.3 is 10.2 Å². The molecule has 1 N–H and O–H groups in total. The van der Waals surface area contributed by atoms with Gasteiger partial charge in [0.05, 0.1) is 5.75 Å². The van der Waals surface area contributed by atoms with Crippen LogP contribution in [0.5, 0.6) is 0 Å². The maximum absolute atomic E-state index is 12.6. The molecule has 2 unspecified atom stereocenters. The number of carbonyl (C=O) groups excluding carboxylic acids is 1. The van der Waals surface area contributed by atoms with Crippen LogP contribution in [0.4, 0.5) is 3.89 Å². The minimum Gasteiger partial charge on any atom is -0.338 e. The smallest absolute Gasteiger partial charge is 0.302 e. The summed E-state index contributed by atoms with van der Waals surface area (Å²) >= 11 is 0. The zero-order valence-electron chi connectivity index (χ0n) is 10.3. The lowest BCUT2D eigenvalue weighted by Gasteiger charge is -2.27. The molecule has 0 spiro atoms. The fraction of sp³-hybridized carbons (Fsp3) is 0.909. The van der Waals surface area contributed by atoms with Crippen LogP contribution in [0, 0.1) is 5.92 Å². The van der Waals surface area contributed by atoms with Crippen LogP contribution in [0.3, 0.4) is 0 Å². The van der Waals surface area contributed by atoms with E-state index < -0.39 is 21.9 Å². The SMILES string of the molecule is O=C1CC(CS(=O)(=O)F)CN1C1CCCCNC1. The molecule has 1 amide bonds. The Labute approximate surface area is 107 Å². The molecule has 2 aliphatic heterocycles. The number of carbonyl (C=O) groups is 1. The van der Waals surface area contributed by atoms with Gasteiger partial charge in [-0.1, -0.05) is 6.42 Å². The van der Waals surface area contributed by atoms with E-state index in [1.165, 1.54) is 0 Å². The van der Waals surface area contributed by atoms with Crippen molar-refractivity contribution in [1.29, 1.82) is 0 Å². The standard InChI is InChI=1S/C11H19FN2O3S/c12-18(16,17)8-9-5-11(15)14(7-9)10-3-1-2-4-13-6-10/h9-10,13H,1-8H2. The summed E-state index contributed by atoms with van der Waals surface area (Å²) in [6.45, 7) is 2.08. The Kier molecular flexibility index (Phi) is 4.21. The molecular formula is C11H19FN2O3S. The molecule has 2 rings (SSSR count). The average molecular weight is 278 g/mol. The van der Waals surface area contributed by atoms with Gasteiger partial charge in [-0.3, -0.25) is 4.79 Å². The van der Waals surface area contributed by atoms with Crippen LogP contribution in [0.15, 0.2) is 0 Å².